The summed E-state index contributed by atoms with van der Waals surface area (Å²) in [5.41, 5.74) is 1.10. The van der Waals surface area contributed by atoms with Crippen molar-refractivity contribution in [2.45, 2.75) is 6.42 Å². The monoisotopic (exact) mass is 461 g/mol. The number of ether oxygens (including phenoxy) is 1. The van der Waals surface area contributed by atoms with E-state index < -0.39 is 12.6 Å². The van der Waals surface area contributed by atoms with Crippen molar-refractivity contribution in [3.8, 4) is 0 Å². The van der Waals surface area contributed by atoms with Crippen molar-refractivity contribution in [2.24, 2.45) is 35.5 Å². The van der Waals surface area contributed by atoms with Gasteiger partial charge in [0.1, 0.15) is 0 Å². The van der Waals surface area contributed by atoms with E-state index in [2.05, 4.69) is 12.2 Å². The number of imide groups is 1. The van der Waals surface area contributed by atoms with Crippen molar-refractivity contribution in [2.75, 3.05) is 11.5 Å². The molecule has 7 rings (SSSR count). The second-order valence-electron chi connectivity index (χ2n) is 9.22. The largest absolute Gasteiger partial charge is 0.454 e. The lowest BCUT2D eigenvalue weighted by Gasteiger charge is -2.37. The summed E-state index contributed by atoms with van der Waals surface area (Å²) in [5, 5.41) is 0.513. The third-order valence-electron chi connectivity index (χ3n) is 7.52. The van der Waals surface area contributed by atoms with Gasteiger partial charge in [-0.25, -0.2) is 4.79 Å². The molecule has 0 radical (unpaired) electrons. The van der Waals surface area contributed by atoms with Gasteiger partial charge in [0.05, 0.1) is 23.1 Å². The van der Waals surface area contributed by atoms with E-state index in [1.54, 1.807) is 36.4 Å². The Labute approximate surface area is 195 Å². The van der Waals surface area contributed by atoms with Crippen molar-refractivity contribution < 1.29 is 23.9 Å². The summed E-state index contributed by atoms with van der Waals surface area (Å²) in [4.78, 5) is 52.2. The summed E-state index contributed by atoms with van der Waals surface area (Å²) < 4.78 is 5.14. The molecule has 0 N–H and O–H groups in total. The molecule has 2 saturated carbocycles. The highest BCUT2D eigenvalue weighted by Crippen LogP contribution is 2.65. The lowest BCUT2D eigenvalue weighted by molar-refractivity contribution is -0.124. The van der Waals surface area contributed by atoms with E-state index in [1.165, 1.54) is 17.0 Å². The first kappa shape index (κ1) is 20.4. The Balaban J connectivity index is 1.14. The van der Waals surface area contributed by atoms with E-state index in [0.717, 1.165) is 6.42 Å². The van der Waals surface area contributed by atoms with E-state index >= 15 is 0 Å². The second-order valence-corrected chi connectivity index (χ2v) is 9.66. The van der Waals surface area contributed by atoms with E-state index in [0.29, 0.717) is 28.1 Å². The molecule has 33 heavy (non-hydrogen) atoms. The molecule has 1 heterocycles. The number of halogens is 1. The van der Waals surface area contributed by atoms with Gasteiger partial charge in [0.15, 0.2) is 12.4 Å². The Morgan fingerprint density at radius 3 is 1.97 bits per heavy atom. The number of carbonyl (C=O) groups excluding carboxylic acids is 4. The molecule has 4 aliphatic carbocycles. The van der Waals surface area contributed by atoms with Crippen molar-refractivity contribution in [3.05, 3.63) is 76.8 Å². The lowest BCUT2D eigenvalue weighted by Crippen LogP contribution is -2.40. The van der Waals surface area contributed by atoms with E-state index in [9.17, 15) is 19.2 Å². The summed E-state index contributed by atoms with van der Waals surface area (Å²) in [6.07, 6.45) is 5.39. The second kappa shape index (κ2) is 7.39. The number of rotatable bonds is 5. The topological polar surface area (TPSA) is 80.8 Å². The van der Waals surface area contributed by atoms with Crippen LogP contribution < -0.4 is 4.90 Å². The number of benzene rings is 2. The van der Waals surface area contributed by atoms with Gasteiger partial charge in [-0.2, -0.15) is 0 Å². The fourth-order valence-corrected chi connectivity index (χ4v) is 6.02. The summed E-state index contributed by atoms with van der Waals surface area (Å²) in [7, 11) is 0. The van der Waals surface area contributed by atoms with Crippen LogP contribution in [0.25, 0.3) is 0 Å². The van der Waals surface area contributed by atoms with Crippen molar-refractivity contribution in [1.82, 2.24) is 0 Å². The molecule has 1 saturated heterocycles. The molecule has 5 aliphatic rings. The third kappa shape index (κ3) is 3.16. The van der Waals surface area contributed by atoms with Crippen LogP contribution in [0.5, 0.6) is 0 Å². The predicted octanol–water partition coefficient (Wildman–Crippen LogP) is 3.94. The van der Waals surface area contributed by atoms with Crippen LogP contribution in [0.1, 0.15) is 27.1 Å². The first-order chi connectivity index (χ1) is 15.9. The molecule has 2 bridgehead atoms. The Morgan fingerprint density at radius 1 is 0.848 bits per heavy atom. The maximum atomic E-state index is 13.2. The minimum Gasteiger partial charge on any atom is -0.454 e. The fourth-order valence-electron chi connectivity index (χ4n) is 5.89. The Bertz CT molecular complexity index is 1180. The van der Waals surface area contributed by atoms with Gasteiger partial charge in [-0.1, -0.05) is 23.8 Å². The van der Waals surface area contributed by atoms with Crippen molar-refractivity contribution >= 4 is 40.9 Å². The number of Topliss-reactive ketones (excluding diaryl/α,β-unsaturated/α-hetero) is 1. The molecule has 7 heteroatoms. The predicted molar refractivity (Wildman–Crippen MR) is 120 cm³/mol. The molecule has 6 nitrogen and oxygen atoms in total. The van der Waals surface area contributed by atoms with Gasteiger partial charge in [0.2, 0.25) is 11.8 Å². The van der Waals surface area contributed by atoms with Gasteiger partial charge in [-0.3, -0.25) is 19.3 Å². The zero-order valence-corrected chi connectivity index (χ0v) is 18.3. The summed E-state index contributed by atoms with van der Waals surface area (Å²) in [6.45, 7) is -0.396. The highest BCUT2D eigenvalue weighted by molar-refractivity contribution is 6.30. The number of nitrogens with zero attached hydrogens (tertiary/aromatic N) is 1. The summed E-state index contributed by atoms with van der Waals surface area (Å²) >= 11 is 5.82. The number of allylic oxidation sites excluding steroid dienone is 2. The van der Waals surface area contributed by atoms with Crippen LogP contribution in [0.4, 0.5) is 5.69 Å². The highest BCUT2D eigenvalue weighted by Gasteiger charge is 2.67. The highest BCUT2D eigenvalue weighted by atomic mass is 35.5. The van der Waals surface area contributed by atoms with Crippen LogP contribution in [0.15, 0.2) is 60.7 Å². The maximum Gasteiger partial charge on any atom is 0.338 e. The molecule has 6 atom stereocenters. The van der Waals surface area contributed by atoms with Crippen LogP contribution in [-0.4, -0.2) is 30.2 Å². The molecule has 166 valence electrons. The number of amides is 2. The molecule has 2 amide bonds. The molecular weight excluding hydrogens is 442 g/mol. The zero-order valence-electron chi connectivity index (χ0n) is 17.5. The third-order valence-corrected chi connectivity index (χ3v) is 7.78. The Hall–Kier alpha value is -3.25. The van der Waals surface area contributed by atoms with Gasteiger partial charge >= 0.3 is 5.97 Å². The molecule has 2 aromatic rings. The SMILES string of the molecule is O=C(COC(=O)c1ccc(N2C(=O)[C@@H]3[C@H]4C=C[C@@H]([C@@H]5C[C@@H]45)[C@H]3C2=O)cc1)c1ccc(Cl)cc1. The molecule has 0 unspecified atom stereocenters. The standard InChI is InChI=1S/C26H20ClNO5/c27-15-5-1-13(2-6-15)21(29)12-33-26(32)14-3-7-16(8-4-14)28-24(30)22-17-9-10-18(20-11-19(17)20)23(22)25(28)31/h1-10,17-20,22-23H,11-12H2/t17-,18-,19-,20-,22+,23+/m0/s1. The molecule has 0 aromatic heterocycles. The summed E-state index contributed by atoms with van der Waals surface area (Å²) in [5.74, 6) is -0.376. The molecule has 2 aromatic carbocycles. The zero-order chi connectivity index (χ0) is 22.9. The van der Waals surface area contributed by atoms with Gasteiger partial charge in [0.25, 0.3) is 0 Å². The van der Waals surface area contributed by atoms with Crippen LogP contribution in [0, 0.1) is 35.5 Å². The van der Waals surface area contributed by atoms with Gasteiger partial charge in [0, 0.05) is 10.6 Å². The van der Waals surface area contributed by atoms with Gasteiger partial charge in [-0.15, -0.1) is 0 Å². The number of hydrogen-bond acceptors (Lipinski definition) is 5. The average Bonchev–Trinajstić information content (AvgIpc) is 3.61. The first-order valence-corrected chi connectivity index (χ1v) is 11.4. The van der Waals surface area contributed by atoms with E-state index in [-0.39, 0.29) is 46.8 Å². The number of esters is 1. The van der Waals surface area contributed by atoms with Crippen LogP contribution in [0.3, 0.4) is 0 Å². The molecule has 3 fully saturated rings. The average molecular weight is 462 g/mol. The lowest BCUT2D eigenvalue weighted by atomic mass is 9.63. The quantitative estimate of drug-likeness (QED) is 0.291. The van der Waals surface area contributed by atoms with Crippen LogP contribution in [-0.2, 0) is 14.3 Å². The number of anilines is 1. The fraction of sp³-hybridized carbons (Fsp3) is 0.308. The molecule has 0 spiro atoms. The van der Waals surface area contributed by atoms with Crippen molar-refractivity contribution in [3.63, 3.8) is 0 Å². The summed E-state index contributed by atoms with van der Waals surface area (Å²) in [6, 6.07) is 12.5. The normalized spacial score (nSPS) is 30.8. The molecular formula is C26H20ClNO5. The van der Waals surface area contributed by atoms with Crippen molar-refractivity contribution in [1.29, 1.82) is 0 Å². The van der Waals surface area contributed by atoms with Gasteiger partial charge < -0.3 is 4.74 Å². The smallest absolute Gasteiger partial charge is 0.338 e. The number of carbonyl (C=O) groups is 4. The number of hydrogen-bond donors (Lipinski definition) is 0. The Kier molecular flexibility index (Phi) is 4.56. The number of ketones is 1. The van der Waals surface area contributed by atoms with E-state index in [1.807, 2.05) is 0 Å². The van der Waals surface area contributed by atoms with Crippen LogP contribution >= 0.6 is 11.6 Å². The molecule has 1 aliphatic heterocycles. The van der Waals surface area contributed by atoms with Gasteiger partial charge in [-0.05, 0) is 78.6 Å². The van der Waals surface area contributed by atoms with Crippen LogP contribution in [0.2, 0.25) is 5.02 Å². The Morgan fingerprint density at radius 2 is 1.39 bits per heavy atom. The minimum atomic E-state index is -0.654. The first-order valence-electron chi connectivity index (χ1n) is 11.1. The minimum absolute atomic E-state index is 0.140. The van der Waals surface area contributed by atoms with E-state index in [4.69, 9.17) is 16.3 Å². The maximum absolute atomic E-state index is 13.2.